The second kappa shape index (κ2) is 6.79. The molecule has 0 spiro atoms. The molecule has 0 atom stereocenters. The number of hydrogen-bond donors (Lipinski definition) is 0. The fraction of sp³-hybridized carbons (Fsp3) is 0.0588. The standard InChI is InChI=1S/C17H11Cl2NO2S/c18-13-5-1-11(2-6-13)9-15-16(21)20(17(22)23-15)10-12-3-7-14(19)8-4-12/h1-9H,10H2/b15-9+. The van der Waals surface area contributed by atoms with Gasteiger partial charge in [-0.3, -0.25) is 14.5 Å². The third-order valence-corrected chi connectivity index (χ3v) is 4.71. The Kier molecular flexibility index (Phi) is 4.76. The average Bonchev–Trinajstić information content (AvgIpc) is 2.79. The maximum atomic E-state index is 12.4. The van der Waals surface area contributed by atoms with E-state index in [9.17, 15) is 9.59 Å². The quantitative estimate of drug-likeness (QED) is 0.700. The molecular formula is C17H11Cl2NO2S. The molecule has 3 rings (SSSR count). The van der Waals surface area contributed by atoms with Crippen LogP contribution in [0.15, 0.2) is 53.4 Å². The predicted molar refractivity (Wildman–Crippen MR) is 94.4 cm³/mol. The van der Waals surface area contributed by atoms with E-state index < -0.39 is 0 Å². The van der Waals surface area contributed by atoms with Gasteiger partial charge in [0.15, 0.2) is 0 Å². The summed E-state index contributed by atoms with van der Waals surface area (Å²) in [5.41, 5.74) is 1.68. The van der Waals surface area contributed by atoms with Crippen molar-refractivity contribution in [2.45, 2.75) is 6.54 Å². The van der Waals surface area contributed by atoms with Crippen LogP contribution in [-0.2, 0) is 11.3 Å². The summed E-state index contributed by atoms with van der Waals surface area (Å²) in [7, 11) is 0. The van der Waals surface area contributed by atoms with E-state index in [0.29, 0.717) is 15.0 Å². The zero-order valence-electron chi connectivity index (χ0n) is 11.8. The van der Waals surface area contributed by atoms with Gasteiger partial charge in [-0.05, 0) is 53.2 Å². The fourth-order valence-electron chi connectivity index (χ4n) is 2.12. The Balaban J connectivity index is 1.79. The second-order valence-electron chi connectivity index (χ2n) is 4.95. The number of halogens is 2. The predicted octanol–water partition coefficient (Wildman–Crippen LogP) is 5.23. The Labute approximate surface area is 147 Å². The Bertz CT molecular complexity index is 785. The van der Waals surface area contributed by atoms with Crippen molar-refractivity contribution in [1.82, 2.24) is 4.90 Å². The first-order chi connectivity index (χ1) is 11.0. The summed E-state index contributed by atoms with van der Waals surface area (Å²) in [5.74, 6) is -0.287. The van der Waals surface area contributed by atoms with Crippen molar-refractivity contribution in [1.29, 1.82) is 0 Å². The summed E-state index contributed by atoms with van der Waals surface area (Å²) in [6, 6.07) is 14.2. The SMILES string of the molecule is O=C1S/C(=C/c2ccc(Cl)cc2)C(=O)N1Cc1ccc(Cl)cc1. The van der Waals surface area contributed by atoms with Crippen LogP contribution >= 0.6 is 35.0 Å². The van der Waals surface area contributed by atoms with Gasteiger partial charge in [-0.1, -0.05) is 47.5 Å². The Hall–Kier alpha value is -1.75. The van der Waals surface area contributed by atoms with Crippen LogP contribution in [-0.4, -0.2) is 16.0 Å². The third kappa shape index (κ3) is 3.78. The maximum absolute atomic E-state index is 12.4. The number of carbonyl (C=O) groups is 2. The molecule has 6 heteroatoms. The van der Waals surface area contributed by atoms with Crippen molar-refractivity contribution < 1.29 is 9.59 Å². The van der Waals surface area contributed by atoms with Crippen LogP contribution in [0.25, 0.3) is 6.08 Å². The smallest absolute Gasteiger partial charge is 0.268 e. The number of nitrogens with zero attached hydrogens (tertiary/aromatic N) is 1. The molecule has 0 radical (unpaired) electrons. The van der Waals surface area contributed by atoms with Crippen molar-refractivity contribution in [3.8, 4) is 0 Å². The van der Waals surface area contributed by atoms with Gasteiger partial charge >= 0.3 is 0 Å². The van der Waals surface area contributed by atoms with Gasteiger partial charge in [0.1, 0.15) is 0 Å². The molecule has 116 valence electrons. The first-order valence-electron chi connectivity index (χ1n) is 6.78. The van der Waals surface area contributed by atoms with E-state index in [1.165, 1.54) is 4.90 Å². The van der Waals surface area contributed by atoms with Gasteiger partial charge in [-0.2, -0.15) is 0 Å². The molecule has 0 saturated carbocycles. The fourth-order valence-corrected chi connectivity index (χ4v) is 3.21. The molecular weight excluding hydrogens is 353 g/mol. The van der Waals surface area contributed by atoms with Crippen molar-refractivity contribution in [2.75, 3.05) is 0 Å². The van der Waals surface area contributed by atoms with Gasteiger partial charge in [0.2, 0.25) is 0 Å². The minimum atomic E-state index is -0.287. The van der Waals surface area contributed by atoms with Gasteiger partial charge < -0.3 is 0 Å². The molecule has 2 aromatic carbocycles. The zero-order valence-corrected chi connectivity index (χ0v) is 14.2. The molecule has 1 heterocycles. The first kappa shape index (κ1) is 16.1. The van der Waals surface area contributed by atoms with Crippen LogP contribution in [0.2, 0.25) is 10.0 Å². The van der Waals surface area contributed by atoms with E-state index in [2.05, 4.69) is 0 Å². The van der Waals surface area contributed by atoms with E-state index >= 15 is 0 Å². The lowest BCUT2D eigenvalue weighted by atomic mass is 10.2. The van der Waals surface area contributed by atoms with Crippen LogP contribution in [0.5, 0.6) is 0 Å². The number of imide groups is 1. The molecule has 1 fully saturated rings. The molecule has 3 nitrogen and oxygen atoms in total. The molecule has 0 bridgehead atoms. The van der Waals surface area contributed by atoms with E-state index in [-0.39, 0.29) is 17.7 Å². The highest BCUT2D eigenvalue weighted by molar-refractivity contribution is 8.18. The molecule has 1 aliphatic rings. The average molecular weight is 364 g/mol. The Morgan fingerprint density at radius 3 is 2.09 bits per heavy atom. The first-order valence-corrected chi connectivity index (χ1v) is 8.35. The summed E-state index contributed by atoms with van der Waals surface area (Å²) in [6.07, 6.45) is 1.70. The van der Waals surface area contributed by atoms with E-state index in [0.717, 1.165) is 22.9 Å². The lowest BCUT2D eigenvalue weighted by molar-refractivity contribution is -0.123. The van der Waals surface area contributed by atoms with Crippen molar-refractivity contribution in [3.05, 3.63) is 74.6 Å². The van der Waals surface area contributed by atoms with E-state index in [4.69, 9.17) is 23.2 Å². The van der Waals surface area contributed by atoms with Crippen molar-refractivity contribution >= 4 is 52.2 Å². The maximum Gasteiger partial charge on any atom is 0.293 e. The molecule has 0 aromatic heterocycles. The normalized spacial score (nSPS) is 16.4. The van der Waals surface area contributed by atoms with Crippen LogP contribution in [0.1, 0.15) is 11.1 Å². The number of amides is 2. The number of carbonyl (C=O) groups excluding carboxylic acids is 2. The van der Waals surface area contributed by atoms with Crippen molar-refractivity contribution in [2.24, 2.45) is 0 Å². The van der Waals surface area contributed by atoms with Gasteiger partial charge in [0.05, 0.1) is 11.4 Å². The van der Waals surface area contributed by atoms with Crippen LogP contribution in [0.4, 0.5) is 4.79 Å². The minimum absolute atomic E-state index is 0.236. The van der Waals surface area contributed by atoms with Crippen LogP contribution in [0.3, 0.4) is 0 Å². The second-order valence-corrected chi connectivity index (χ2v) is 6.81. The van der Waals surface area contributed by atoms with E-state index in [1.807, 2.05) is 0 Å². The highest BCUT2D eigenvalue weighted by Crippen LogP contribution is 2.33. The summed E-state index contributed by atoms with van der Waals surface area (Å²) < 4.78 is 0. The minimum Gasteiger partial charge on any atom is -0.268 e. The highest BCUT2D eigenvalue weighted by atomic mass is 35.5. The molecule has 1 aliphatic heterocycles. The zero-order chi connectivity index (χ0) is 16.4. The van der Waals surface area contributed by atoms with Crippen LogP contribution < -0.4 is 0 Å². The molecule has 23 heavy (non-hydrogen) atoms. The van der Waals surface area contributed by atoms with Crippen LogP contribution in [0, 0.1) is 0 Å². The number of thioether (sulfide) groups is 1. The van der Waals surface area contributed by atoms with Gasteiger partial charge in [0.25, 0.3) is 11.1 Å². The topological polar surface area (TPSA) is 37.4 Å². The number of rotatable bonds is 3. The summed E-state index contributed by atoms with van der Waals surface area (Å²) in [4.78, 5) is 26.2. The lowest BCUT2D eigenvalue weighted by Gasteiger charge is -2.12. The van der Waals surface area contributed by atoms with Gasteiger partial charge in [0, 0.05) is 10.0 Å². The monoisotopic (exact) mass is 363 g/mol. The lowest BCUT2D eigenvalue weighted by Crippen LogP contribution is -2.27. The Morgan fingerprint density at radius 1 is 0.913 bits per heavy atom. The molecule has 1 saturated heterocycles. The molecule has 0 aliphatic carbocycles. The third-order valence-electron chi connectivity index (χ3n) is 3.30. The molecule has 0 N–H and O–H groups in total. The number of benzene rings is 2. The van der Waals surface area contributed by atoms with Crippen molar-refractivity contribution in [3.63, 3.8) is 0 Å². The van der Waals surface area contributed by atoms with Gasteiger partial charge in [-0.25, -0.2) is 0 Å². The summed E-state index contributed by atoms with van der Waals surface area (Å²) in [6.45, 7) is 0.236. The Morgan fingerprint density at radius 2 is 1.48 bits per heavy atom. The highest BCUT2D eigenvalue weighted by Gasteiger charge is 2.34. The summed E-state index contributed by atoms with van der Waals surface area (Å²) in [5, 5.41) is 0.966. The summed E-state index contributed by atoms with van der Waals surface area (Å²) >= 11 is 12.6. The molecule has 0 unspecified atom stereocenters. The largest absolute Gasteiger partial charge is 0.293 e. The number of hydrogen-bond acceptors (Lipinski definition) is 3. The molecule has 2 amide bonds. The van der Waals surface area contributed by atoms with E-state index in [1.54, 1.807) is 54.6 Å². The van der Waals surface area contributed by atoms with Gasteiger partial charge in [-0.15, -0.1) is 0 Å². The molecule has 2 aromatic rings.